The second-order valence-electron chi connectivity index (χ2n) is 24.5. The van der Waals surface area contributed by atoms with Gasteiger partial charge in [-0.25, -0.2) is 10.4 Å². The second-order valence-corrected chi connectivity index (χ2v) is 24.5. The van der Waals surface area contributed by atoms with Crippen LogP contribution in [0, 0.1) is 11.8 Å². The van der Waals surface area contributed by atoms with Gasteiger partial charge in [-0.3, -0.25) is 47.9 Å². The highest BCUT2D eigenvalue weighted by molar-refractivity contribution is 6.41. The Hall–Kier alpha value is -8.88. The molecule has 4 aromatic carbocycles. The predicted octanol–water partition coefficient (Wildman–Crippen LogP) is 2.24. The molecule has 502 valence electrons. The number of phenolic OH excluding ortho intramolecular Hbond substituents is 3. The summed E-state index contributed by atoms with van der Waals surface area (Å²) in [5.41, 5.74) is 11.9. The van der Waals surface area contributed by atoms with Gasteiger partial charge in [-0.15, -0.1) is 0 Å². The largest absolute Gasteiger partial charge is 0.508 e. The standard InChI is InChI=1S/C68H91N11O14/c1-41(2)32-57-64(89)63(88)56(35-45-19-25-50(84)26-20-45)74-66(91)53(27-28-61(69)86)73-68(93)59(40-80)76-67(92)58(36-47-38-71-52-14-7-6-13-51(47)52)75-65(90)46(37-60(85)55(70-4)34-44-17-23-49(83)24-18-44)12-8-9-29-78(5)30-10-11-31-79(77-57)39-62(87)72-54(42(3)81)33-43-15-21-48(82)22-16-43/h6-7,13-26,38,41,46,53-59,70-71,77,80,82-84H,8-12,27-37,39-40H2,1-5H3,(H2,69,86)(H,72,87)(H,73,93)(H,74,91)(H,75,90)(H,76,92)/t46?,53-,54-,55-,56?,57-,58-,59?/m0/s1. The van der Waals surface area contributed by atoms with E-state index in [9.17, 15) is 68.4 Å². The number of primary amides is 1. The zero-order valence-electron chi connectivity index (χ0n) is 53.6. The fourth-order valence-electron chi connectivity index (χ4n) is 11.2. The van der Waals surface area contributed by atoms with E-state index in [1.807, 2.05) is 39.1 Å². The minimum atomic E-state index is -1.80. The number of hydrogen-bond donors (Lipinski definition) is 13. The number of carbonyl (C=O) groups is 10. The number of aliphatic hydroxyl groups excluding tert-OH is 1. The van der Waals surface area contributed by atoms with Crippen LogP contribution in [-0.4, -0.2) is 183 Å². The van der Waals surface area contributed by atoms with Crippen molar-refractivity contribution in [2.24, 2.45) is 17.6 Å². The molecule has 0 aliphatic carbocycles. The van der Waals surface area contributed by atoms with Gasteiger partial charge in [0.1, 0.15) is 35.4 Å². The molecule has 25 nitrogen and oxygen atoms in total. The van der Waals surface area contributed by atoms with Crippen molar-refractivity contribution in [3.8, 4) is 17.2 Å². The Morgan fingerprint density at radius 3 is 1.75 bits per heavy atom. The molecule has 5 aromatic rings. The number of likely N-dealkylation sites (N-methyl/N-ethyl adjacent to an activating group) is 1. The molecule has 8 atom stereocenters. The summed E-state index contributed by atoms with van der Waals surface area (Å²) in [6, 6.07) is 16.0. The number of hydrazine groups is 1. The Morgan fingerprint density at radius 2 is 1.16 bits per heavy atom. The summed E-state index contributed by atoms with van der Waals surface area (Å²) in [7, 11) is 3.56. The highest BCUT2D eigenvalue weighted by Gasteiger charge is 2.38. The lowest BCUT2D eigenvalue weighted by atomic mass is 9.90. The number of amides is 6. The van der Waals surface area contributed by atoms with E-state index in [4.69, 9.17) is 5.73 Å². The number of carbonyl (C=O) groups excluding carboxylic acids is 10. The molecular formula is C68H91N11O14. The van der Waals surface area contributed by atoms with Gasteiger partial charge in [-0.05, 0) is 156 Å². The maximum atomic E-state index is 14.9. The van der Waals surface area contributed by atoms with Gasteiger partial charge >= 0.3 is 0 Å². The number of aromatic hydroxyl groups is 3. The Kier molecular flexibility index (Phi) is 28.6. The van der Waals surface area contributed by atoms with Crippen molar-refractivity contribution >= 4 is 69.5 Å². The molecule has 25 heteroatoms. The topological polar surface area (TPSA) is 384 Å². The first-order valence-electron chi connectivity index (χ1n) is 31.7. The van der Waals surface area contributed by atoms with Gasteiger partial charge in [0.15, 0.2) is 11.6 Å². The van der Waals surface area contributed by atoms with Crippen LogP contribution in [0.3, 0.4) is 0 Å². The van der Waals surface area contributed by atoms with Crippen molar-refractivity contribution < 1.29 is 68.4 Å². The van der Waals surface area contributed by atoms with Crippen LogP contribution < -0.4 is 43.1 Å². The average Bonchev–Trinajstić information content (AvgIpc) is 1.83. The summed E-state index contributed by atoms with van der Waals surface area (Å²) >= 11 is 0. The van der Waals surface area contributed by atoms with Crippen LogP contribution in [-0.2, 0) is 73.6 Å². The lowest BCUT2D eigenvalue weighted by molar-refractivity contribution is -0.141. The zero-order valence-corrected chi connectivity index (χ0v) is 53.6. The molecule has 1 fully saturated rings. The van der Waals surface area contributed by atoms with E-state index in [1.165, 1.54) is 60.5 Å². The molecule has 14 N–H and O–H groups in total. The normalized spacial score (nSPS) is 21.0. The van der Waals surface area contributed by atoms with Crippen molar-refractivity contribution in [1.29, 1.82) is 0 Å². The number of ketones is 4. The molecule has 1 aliphatic rings. The maximum Gasteiger partial charge on any atom is 0.245 e. The number of para-hydroxylation sites is 1. The van der Waals surface area contributed by atoms with Gasteiger partial charge in [-0.2, -0.15) is 0 Å². The fourth-order valence-corrected chi connectivity index (χ4v) is 11.2. The summed E-state index contributed by atoms with van der Waals surface area (Å²) in [6.45, 7) is 4.85. The molecule has 0 spiro atoms. The molecule has 1 saturated heterocycles. The molecule has 6 rings (SSSR count). The minimum Gasteiger partial charge on any atom is -0.508 e. The summed E-state index contributed by atoms with van der Waals surface area (Å²) < 4.78 is 0. The van der Waals surface area contributed by atoms with E-state index in [-0.39, 0.29) is 92.8 Å². The van der Waals surface area contributed by atoms with Crippen molar-refractivity contribution in [1.82, 2.24) is 52.2 Å². The number of aromatic amines is 1. The first-order valence-corrected chi connectivity index (χ1v) is 31.7. The number of rotatable bonds is 22. The zero-order chi connectivity index (χ0) is 67.7. The van der Waals surface area contributed by atoms with Crippen LogP contribution in [0.25, 0.3) is 10.9 Å². The summed E-state index contributed by atoms with van der Waals surface area (Å²) in [5, 5.41) is 59.4. The van der Waals surface area contributed by atoms with Crippen LogP contribution in [0.15, 0.2) is 103 Å². The predicted molar refractivity (Wildman–Crippen MR) is 348 cm³/mol. The van der Waals surface area contributed by atoms with Crippen molar-refractivity contribution in [2.45, 2.75) is 147 Å². The van der Waals surface area contributed by atoms with E-state index in [1.54, 1.807) is 43.6 Å². The molecule has 0 radical (unpaired) electrons. The van der Waals surface area contributed by atoms with E-state index < -0.39 is 115 Å². The Bertz CT molecular complexity index is 3340. The van der Waals surface area contributed by atoms with Gasteiger partial charge in [0, 0.05) is 55.2 Å². The molecule has 3 unspecified atom stereocenters. The van der Waals surface area contributed by atoms with Crippen LogP contribution in [0.2, 0.25) is 0 Å². The molecular weight excluding hydrogens is 1190 g/mol. The third kappa shape index (κ3) is 23.6. The first-order chi connectivity index (χ1) is 44.4. The number of nitrogens with two attached hydrogens (primary N) is 1. The molecule has 2 heterocycles. The Morgan fingerprint density at radius 1 is 0.634 bits per heavy atom. The number of Topliss-reactive ketones (excluding diaryl/α,β-unsaturated/α-hetero) is 4. The van der Waals surface area contributed by atoms with Crippen LogP contribution >= 0.6 is 0 Å². The number of aromatic nitrogens is 1. The number of benzene rings is 4. The van der Waals surface area contributed by atoms with Gasteiger partial charge in [0.05, 0.1) is 37.3 Å². The minimum absolute atomic E-state index is 0.0240. The van der Waals surface area contributed by atoms with Crippen LogP contribution in [0.5, 0.6) is 17.2 Å². The molecule has 0 bridgehead atoms. The average molecular weight is 1290 g/mol. The smallest absolute Gasteiger partial charge is 0.245 e. The Labute approximate surface area is 541 Å². The molecule has 6 amide bonds. The van der Waals surface area contributed by atoms with Gasteiger partial charge in [0.25, 0.3) is 0 Å². The summed E-state index contributed by atoms with van der Waals surface area (Å²) in [4.78, 5) is 147. The number of fused-ring (bicyclic) bond motifs is 1. The molecule has 93 heavy (non-hydrogen) atoms. The number of hydrogen-bond acceptors (Lipinski definition) is 18. The van der Waals surface area contributed by atoms with Crippen LogP contribution in [0.4, 0.5) is 0 Å². The van der Waals surface area contributed by atoms with Gasteiger partial charge in [-0.1, -0.05) is 74.9 Å². The second kappa shape index (κ2) is 36.4. The SMILES string of the molecule is CN[C@@H](Cc1ccc(O)cc1)C(=O)CC1CCCCN(C)CCCCN(CC(=O)N[C@@H](Cc2ccc(O)cc2)C(C)=O)N[C@@H](CC(C)C)C(=O)C(=O)C(Cc2ccc(O)cc2)NC(=O)[C@H](CCC(N)=O)NC(=O)C(CO)NC(=O)[C@H](Cc2c[nH]c3ccccc23)NC1=O. The highest BCUT2D eigenvalue weighted by atomic mass is 16.3. The number of H-pyrrole nitrogens is 1. The Balaban J connectivity index is 1.36. The highest BCUT2D eigenvalue weighted by Crippen LogP contribution is 2.23. The lowest BCUT2D eigenvalue weighted by Gasteiger charge is -2.30. The van der Waals surface area contributed by atoms with E-state index in [0.717, 1.165) is 16.5 Å². The van der Waals surface area contributed by atoms with Crippen molar-refractivity contribution in [2.75, 3.05) is 46.9 Å². The van der Waals surface area contributed by atoms with Crippen molar-refractivity contribution in [3.63, 3.8) is 0 Å². The van der Waals surface area contributed by atoms with Crippen LogP contribution in [0.1, 0.15) is 101 Å². The van der Waals surface area contributed by atoms with E-state index in [2.05, 4.69) is 47.2 Å². The third-order valence-corrected chi connectivity index (χ3v) is 16.5. The van der Waals surface area contributed by atoms with Gasteiger partial charge < -0.3 is 67.9 Å². The fraction of sp³-hybridized carbons (Fsp3) is 0.471. The molecule has 0 saturated carbocycles. The number of phenols is 3. The maximum absolute atomic E-state index is 14.9. The molecule has 1 aliphatic heterocycles. The lowest BCUT2D eigenvalue weighted by Crippen LogP contribution is -2.60. The van der Waals surface area contributed by atoms with Crippen molar-refractivity contribution in [3.05, 3.63) is 126 Å². The first kappa shape index (κ1) is 73.2. The van der Waals surface area contributed by atoms with E-state index in [0.29, 0.717) is 55.5 Å². The number of aliphatic hydroxyl groups is 1. The monoisotopic (exact) mass is 1290 g/mol. The third-order valence-electron chi connectivity index (χ3n) is 16.5. The summed E-state index contributed by atoms with van der Waals surface area (Å²) in [5.74, 6) is -9.12. The van der Waals surface area contributed by atoms with Gasteiger partial charge in [0.2, 0.25) is 47.0 Å². The molecule has 1 aromatic heterocycles. The number of nitrogens with one attached hydrogen (secondary N) is 8. The number of nitrogens with zero attached hydrogens (tertiary/aromatic N) is 2. The van der Waals surface area contributed by atoms with E-state index >= 15 is 0 Å². The quantitative estimate of drug-likeness (QED) is 0.0442. The summed E-state index contributed by atoms with van der Waals surface area (Å²) in [6.07, 6.45) is 2.76.